The summed E-state index contributed by atoms with van der Waals surface area (Å²) in [5.41, 5.74) is 3.49. The van der Waals surface area contributed by atoms with Gasteiger partial charge in [-0.3, -0.25) is 15.5 Å². The molecule has 8 nitrogen and oxygen atoms in total. The van der Waals surface area contributed by atoms with Crippen LogP contribution >= 0.6 is 22.6 Å². The standard InChI is InChI=1S/C20H16FIN4O4/c1-29-18-10-13(11-24-25-20-17(26(27)28)7-4-8-23-20)9-16(22)19(18)30-12-14-5-2-3-6-15(14)21/h2-11H,12H2,1H3,(H,23,25)/b24-11-. The molecule has 0 atom stereocenters. The maximum atomic E-state index is 13.8. The number of rotatable bonds is 8. The number of ether oxygens (including phenoxy) is 2. The number of hydrogen-bond acceptors (Lipinski definition) is 7. The Hall–Kier alpha value is -3.28. The first kappa shape index (κ1) is 21.4. The number of pyridine rings is 1. The average Bonchev–Trinajstić information content (AvgIpc) is 2.74. The third kappa shape index (κ3) is 5.20. The highest BCUT2D eigenvalue weighted by Crippen LogP contribution is 2.34. The van der Waals surface area contributed by atoms with Gasteiger partial charge in [-0.05, 0) is 52.4 Å². The van der Waals surface area contributed by atoms with E-state index in [2.05, 4.69) is 38.1 Å². The Balaban J connectivity index is 1.76. The molecule has 3 aromatic rings. The molecule has 0 aliphatic heterocycles. The third-order valence-corrected chi connectivity index (χ3v) is 4.75. The number of benzene rings is 2. The van der Waals surface area contributed by atoms with Gasteiger partial charge in [0.1, 0.15) is 12.4 Å². The molecule has 0 bridgehead atoms. The largest absolute Gasteiger partial charge is 0.493 e. The molecular formula is C20H16FIN4O4. The lowest BCUT2D eigenvalue weighted by Gasteiger charge is -2.14. The normalized spacial score (nSPS) is 10.8. The van der Waals surface area contributed by atoms with E-state index in [4.69, 9.17) is 9.47 Å². The minimum Gasteiger partial charge on any atom is -0.493 e. The molecule has 0 aliphatic rings. The number of anilines is 1. The highest BCUT2D eigenvalue weighted by molar-refractivity contribution is 14.1. The first-order valence-corrected chi connectivity index (χ1v) is 9.69. The number of nitrogens with one attached hydrogen (secondary N) is 1. The van der Waals surface area contributed by atoms with Crippen LogP contribution in [0.15, 0.2) is 59.8 Å². The van der Waals surface area contributed by atoms with Crippen LogP contribution in [0, 0.1) is 19.5 Å². The lowest BCUT2D eigenvalue weighted by Crippen LogP contribution is -2.03. The molecule has 30 heavy (non-hydrogen) atoms. The van der Waals surface area contributed by atoms with Crippen LogP contribution in [-0.4, -0.2) is 23.2 Å². The summed E-state index contributed by atoms with van der Waals surface area (Å²) in [6, 6.07) is 12.7. The SMILES string of the molecule is COc1cc(/C=N\Nc2ncccc2[N+](=O)[O-])cc(I)c1OCc1ccccc1F. The molecule has 10 heteroatoms. The van der Waals surface area contributed by atoms with Gasteiger partial charge < -0.3 is 9.47 Å². The fourth-order valence-electron chi connectivity index (χ4n) is 2.52. The van der Waals surface area contributed by atoms with Gasteiger partial charge in [-0.1, -0.05) is 18.2 Å². The van der Waals surface area contributed by atoms with Crippen LogP contribution in [0.4, 0.5) is 15.9 Å². The number of nitrogens with zero attached hydrogens (tertiary/aromatic N) is 3. The summed E-state index contributed by atoms with van der Waals surface area (Å²) < 4.78 is 25.7. The minimum absolute atomic E-state index is 0.0326. The molecule has 0 saturated carbocycles. The summed E-state index contributed by atoms with van der Waals surface area (Å²) in [4.78, 5) is 14.4. The zero-order valence-electron chi connectivity index (χ0n) is 15.7. The molecule has 0 unspecified atom stereocenters. The Kier molecular flexibility index (Phi) is 7.12. The van der Waals surface area contributed by atoms with E-state index in [0.29, 0.717) is 22.6 Å². The zero-order chi connectivity index (χ0) is 21.5. The number of hydrogen-bond donors (Lipinski definition) is 1. The van der Waals surface area contributed by atoms with E-state index in [0.717, 1.165) is 3.57 Å². The Morgan fingerprint density at radius 1 is 1.30 bits per heavy atom. The van der Waals surface area contributed by atoms with Gasteiger partial charge in [0.2, 0.25) is 5.82 Å². The lowest BCUT2D eigenvalue weighted by atomic mass is 10.2. The molecule has 2 aromatic carbocycles. The van der Waals surface area contributed by atoms with Crippen molar-refractivity contribution in [3.8, 4) is 11.5 Å². The second-order valence-corrected chi connectivity index (χ2v) is 7.07. The highest BCUT2D eigenvalue weighted by Gasteiger charge is 2.14. The monoisotopic (exact) mass is 522 g/mol. The van der Waals surface area contributed by atoms with Gasteiger partial charge in [-0.25, -0.2) is 9.37 Å². The molecule has 1 heterocycles. The first-order valence-electron chi connectivity index (χ1n) is 8.62. The molecule has 0 aliphatic carbocycles. The Morgan fingerprint density at radius 3 is 2.83 bits per heavy atom. The summed E-state index contributed by atoms with van der Waals surface area (Å²) in [5, 5.41) is 15.0. The van der Waals surface area contributed by atoms with Gasteiger partial charge in [-0.15, -0.1) is 0 Å². The maximum absolute atomic E-state index is 13.8. The second-order valence-electron chi connectivity index (χ2n) is 5.91. The van der Waals surface area contributed by atoms with Crippen molar-refractivity contribution in [1.82, 2.24) is 4.98 Å². The van der Waals surface area contributed by atoms with Crippen molar-refractivity contribution in [2.75, 3.05) is 12.5 Å². The maximum Gasteiger partial charge on any atom is 0.313 e. The summed E-state index contributed by atoms with van der Waals surface area (Å²) in [5.74, 6) is 0.616. The Morgan fingerprint density at radius 2 is 2.10 bits per heavy atom. The number of methoxy groups -OCH3 is 1. The van der Waals surface area contributed by atoms with Gasteiger partial charge in [0.05, 0.1) is 21.8 Å². The van der Waals surface area contributed by atoms with E-state index in [1.807, 2.05) is 0 Å². The molecule has 0 radical (unpaired) electrons. The quantitative estimate of drug-likeness (QED) is 0.198. The van der Waals surface area contributed by atoms with Gasteiger partial charge in [0, 0.05) is 17.8 Å². The van der Waals surface area contributed by atoms with Crippen LogP contribution in [0.5, 0.6) is 11.5 Å². The van der Waals surface area contributed by atoms with Crippen LogP contribution < -0.4 is 14.9 Å². The van der Waals surface area contributed by atoms with Crippen LogP contribution in [-0.2, 0) is 6.61 Å². The smallest absolute Gasteiger partial charge is 0.313 e. The summed E-state index contributed by atoms with van der Waals surface area (Å²) >= 11 is 2.08. The lowest BCUT2D eigenvalue weighted by molar-refractivity contribution is -0.384. The van der Waals surface area contributed by atoms with E-state index < -0.39 is 4.92 Å². The summed E-state index contributed by atoms with van der Waals surface area (Å²) in [6.07, 6.45) is 2.91. The molecule has 0 fully saturated rings. The van der Waals surface area contributed by atoms with Crippen molar-refractivity contribution in [1.29, 1.82) is 0 Å². The van der Waals surface area contributed by atoms with Crippen molar-refractivity contribution in [3.05, 3.63) is 85.4 Å². The van der Waals surface area contributed by atoms with Crippen molar-refractivity contribution < 1.29 is 18.8 Å². The third-order valence-electron chi connectivity index (χ3n) is 3.95. The van der Waals surface area contributed by atoms with E-state index in [9.17, 15) is 14.5 Å². The van der Waals surface area contributed by atoms with Crippen molar-refractivity contribution in [2.24, 2.45) is 5.10 Å². The first-order chi connectivity index (χ1) is 14.5. The number of halogens is 2. The highest BCUT2D eigenvalue weighted by atomic mass is 127. The second kappa shape index (κ2) is 9.96. The Labute approximate surface area is 185 Å². The van der Waals surface area contributed by atoms with Crippen LogP contribution in [0.1, 0.15) is 11.1 Å². The predicted octanol–water partition coefficient (Wildman–Crippen LogP) is 4.77. The number of nitro groups is 1. The molecule has 0 amide bonds. The molecule has 1 N–H and O–H groups in total. The Bertz CT molecular complexity index is 1090. The summed E-state index contributed by atoms with van der Waals surface area (Å²) in [7, 11) is 1.50. The summed E-state index contributed by atoms with van der Waals surface area (Å²) in [6.45, 7) is 0.0529. The minimum atomic E-state index is -0.543. The fraction of sp³-hybridized carbons (Fsp3) is 0.100. The van der Waals surface area contributed by atoms with Gasteiger partial charge in [0.15, 0.2) is 11.5 Å². The van der Waals surface area contributed by atoms with E-state index in [1.54, 1.807) is 30.3 Å². The van der Waals surface area contributed by atoms with Crippen molar-refractivity contribution in [2.45, 2.75) is 6.61 Å². The van der Waals surface area contributed by atoms with Gasteiger partial charge >= 0.3 is 5.69 Å². The molecular weight excluding hydrogens is 506 g/mol. The van der Waals surface area contributed by atoms with Gasteiger partial charge in [-0.2, -0.15) is 5.10 Å². The average molecular weight is 522 g/mol. The van der Waals surface area contributed by atoms with Crippen molar-refractivity contribution in [3.63, 3.8) is 0 Å². The molecule has 0 spiro atoms. The molecule has 3 rings (SSSR count). The van der Waals surface area contributed by atoms with Crippen LogP contribution in [0.3, 0.4) is 0 Å². The number of aromatic nitrogens is 1. The van der Waals surface area contributed by atoms with E-state index >= 15 is 0 Å². The fourth-order valence-corrected chi connectivity index (χ4v) is 3.30. The number of hydrazone groups is 1. The molecule has 0 saturated heterocycles. The zero-order valence-corrected chi connectivity index (χ0v) is 17.9. The van der Waals surface area contributed by atoms with E-state index in [1.165, 1.54) is 37.7 Å². The van der Waals surface area contributed by atoms with E-state index in [-0.39, 0.29) is 23.9 Å². The van der Waals surface area contributed by atoms with Crippen molar-refractivity contribution >= 4 is 40.3 Å². The van der Waals surface area contributed by atoms with Crippen LogP contribution in [0.2, 0.25) is 0 Å². The van der Waals surface area contributed by atoms with Crippen LogP contribution in [0.25, 0.3) is 0 Å². The molecule has 1 aromatic heterocycles. The predicted molar refractivity (Wildman–Crippen MR) is 119 cm³/mol. The topological polar surface area (TPSA) is 98.9 Å². The van der Waals surface area contributed by atoms with Gasteiger partial charge in [0.25, 0.3) is 0 Å². The molecule has 154 valence electrons.